The van der Waals surface area contributed by atoms with E-state index in [2.05, 4.69) is 24.5 Å². The molecule has 0 aliphatic rings. The van der Waals surface area contributed by atoms with Gasteiger partial charge in [-0.1, -0.05) is 80.9 Å². The topological polar surface area (TPSA) is 79.3 Å². The van der Waals surface area contributed by atoms with Gasteiger partial charge in [0.05, 0.1) is 11.4 Å². The van der Waals surface area contributed by atoms with Crippen LogP contribution in [0.1, 0.15) is 43.5 Å². The summed E-state index contributed by atoms with van der Waals surface area (Å²) in [6.07, 6.45) is 2.64. The number of benzene rings is 3. The Hall–Kier alpha value is -4.39. The number of urea groups is 1. The van der Waals surface area contributed by atoms with Gasteiger partial charge in [0.15, 0.2) is 0 Å². The number of hydrogen-bond acceptors (Lipinski definition) is 3. The molecule has 0 aliphatic carbocycles. The minimum Gasteiger partial charge on any atom is -0.315 e. The second kappa shape index (κ2) is 12.9. The molecule has 4 aromatic rings. The Balaban J connectivity index is 1.61. The van der Waals surface area contributed by atoms with E-state index < -0.39 is 0 Å². The van der Waals surface area contributed by atoms with Gasteiger partial charge in [0.25, 0.3) is 0 Å². The fourth-order valence-corrected chi connectivity index (χ4v) is 4.54. The summed E-state index contributed by atoms with van der Waals surface area (Å²) >= 11 is 0. The van der Waals surface area contributed by atoms with Crippen LogP contribution in [-0.2, 0) is 11.2 Å². The van der Waals surface area contributed by atoms with Crippen LogP contribution in [0, 0.1) is 13.8 Å². The molecule has 7 heteroatoms. The van der Waals surface area contributed by atoms with E-state index in [-0.39, 0.29) is 18.5 Å². The van der Waals surface area contributed by atoms with Gasteiger partial charge < -0.3 is 15.5 Å². The lowest BCUT2D eigenvalue weighted by molar-refractivity contribution is -0.116. The molecule has 39 heavy (non-hydrogen) atoms. The van der Waals surface area contributed by atoms with Crippen LogP contribution < -0.4 is 10.6 Å². The number of aromatic nitrogens is 2. The Morgan fingerprint density at radius 2 is 1.56 bits per heavy atom. The zero-order valence-electron chi connectivity index (χ0n) is 23.2. The van der Waals surface area contributed by atoms with Gasteiger partial charge in [0.2, 0.25) is 5.91 Å². The summed E-state index contributed by atoms with van der Waals surface area (Å²) in [7, 11) is 0. The van der Waals surface area contributed by atoms with Gasteiger partial charge >= 0.3 is 6.03 Å². The molecule has 0 saturated heterocycles. The Kier molecular flexibility index (Phi) is 9.15. The van der Waals surface area contributed by atoms with E-state index in [1.54, 1.807) is 9.58 Å². The van der Waals surface area contributed by atoms with Crippen LogP contribution in [0.4, 0.5) is 16.3 Å². The van der Waals surface area contributed by atoms with E-state index in [0.29, 0.717) is 18.1 Å². The SMILES string of the molecule is CCCCN(CC(=O)Nc1c(-c2ccccc2)c(C)nn1-c1ccccc1C)C(=O)Nc1ccc(CC)cc1. The molecule has 0 spiro atoms. The first-order valence-corrected chi connectivity index (χ1v) is 13.6. The number of nitrogens with zero attached hydrogens (tertiary/aromatic N) is 3. The quantitative estimate of drug-likeness (QED) is 0.235. The van der Waals surface area contributed by atoms with Crippen molar-refractivity contribution in [3.63, 3.8) is 0 Å². The zero-order valence-corrected chi connectivity index (χ0v) is 23.2. The molecule has 4 rings (SSSR count). The van der Waals surface area contributed by atoms with E-state index in [0.717, 1.165) is 47.3 Å². The summed E-state index contributed by atoms with van der Waals surface area (Å²) < 4.78 is 1.79. The normalized spacial score (nSPS) is 10.8. The van der Waals surface area contributed by atoms with Crippen molar-refractivity contribution < 1.29 is 9.59 Å². The Morgan fingerprint density at radius 3 is 2.23 bits per heavy atom. The molecule has 0 atom stereocenters. The number of para-hydroxylation sites is 1. The molecule has 1 heterocycles. The maximum Gasteiger partial charge on any atom is 0.322 e. The third-order valence-corrected chi connectivity index (χ3v) is 6.74. The number of carbonyl (C=O) groups excluding carboxylic acids is 2. The number of aryl methyl sites for hydroxylation is 3. The molecule has 7 nitrogen and oxygen atoms in total. The second-order valence-corrected chi connectivity index (χ2v) is 9.68. The maximum absolute atomic E-state index is 13.5. The number of amides is 3. The van der Waals surface area contributed by atoms with Crippen LogP contribution in [0.3, 0.4) is 0 Å². The zero-order chi connectivity index (χ0) is 27.8. The van der Waals surface area contributed by atoms with Crippen LogP contribution in [0.25, 0.3) is 16.8 Å². The van der Waals surface area contributed by atoms with Crippen LogP contribution in [0.15, 0.2) is 78.9 Å². The van der Waals surface area contributed by atoms with Crippen LogP contribution in [0.5, 0.6) is 0 Å². The maximum atomic E-state index is 13.5. The molecular formula is C32H37N5O2. The first-order chi connectivity index (χ1) is 18.9. The smallest absolute Gasteiger partial charge is 0.315 e. The first kappa shape index (κ1) is 27.6. The van der Waals surface area contributed by atoms with Gasteiger partial charge in [0.1, 0.15) is 12.4 Å². The molecule has 3 aromatic carbocycles. The van der Waals surface area contributed by atoms with Crippen molar-refractivity contribution in [3.05, 3.63) is 95.7 Å². The van der Waals surface area contributed by atoms with E-state index >= 15 is 0 Å². The number of carbonyl (C=O) groups is 2. The highest BCUT2D eigenvalue weighted by Crippen LogP contribution is 2.34. The third-order valence-electron chi connectivity index (χ3n) is 6.74. The predicted octanol–water partition coefficient (Wildman–Crippen LogP) is 6.99. The molecule has 202 valence electrons. The molecule has 0 radical (unpaired) electrons. The predicted molar refractivity (Wildman–Crippen MR) is 158 cm³/mol. The largest absolute Gasteiger partial charge is 0.322 e. The highest BCUT2D eigenvalue weighted by Gasteiger charge is 2.23. The number of unbranched alkanes of at least 4 members (excludes halogenated alkanes) is 1. The standard InChI is InChI=1S/C32H37N5O2/c1-5-7-21-36(32(39)33-27-19-17-25(6-2)18-20-27)22-29(38)34-31-30(26-14-9-8-10-15-26)24(4)35-37(31)28-16-12-11-13-23(28)3/h8-20H,5-7,21-22H2,1-4H3,(H,33,39)(H,34,38). The van der Waals surface area contributed by atoms with E-state index in [9.17, 15) is 9.59 Å². The van der Waals surface area contributed by atoms with Crippen molar-refractivity contribution in [1.82, 2.24) is 14.7 Å². The van der Waals surface area contributed by atoms with Crippen molar-refractivity contribution >= 4 is 23.4 Å². The minimum absolute atomic E-state index is 0.0783. The lowest BCUT2D eigenvalue weighted by Crippen LogP contribution is -2.41. The average Bonchev–Trinajstić information content (AvgIpc) is 3.26. The van der Waals surface area contributed by atoms with Gasteiger partial charge in [-0.05, 0) is 61.6 Å². The fourth-order valence-electron chi connectivity index (χ4n) is 4.54. The van der Waals surface area contributed by atoms with E-state index in [1.165, 1.54) is 5.56 Å². The van der Waals surface area contributed by atoms with E-state index in [1.807, 2.05) is 92.7 Å². The molecule has 0 bridgehead atoms. The van der Waals surface area contributed by atoms with Crippen molar-refractivity contribution in [3.8, 4) is 16.8 Å². The fraction of sp³-hybridized carbons (Fsp3) is 0.281. The average molecular weight is 524 g/mol. The monoisotopic (exact) mass is 523 g/mol. The summed E-state index contributed by atoms with van der Waals surface area (Å²) in [5.74, 6) is 0.304. The van der Waals surface area contributed by atoms with E-state index in [4.69, 9.17) is 5.10 Å². The molecule has 0 fully saturated rings. The summed E-state index contributed by atoms with van der Waals surface area (Å²) in [5.41, 5.74) is 6.44. The third kappa shape index (κ3) is 6.74. The lowest BCUT2D eigenvalue weighted by Gasteiger charge is -2.23. The van der Waals surface area contributed by atoms with Gasteiger partial charge in [-0.15, -0.1) is 0 Å². The van der Waals surface area contributed by atoms with Gasteiger partial charge in [0, 0.05) is 17.8 Å². The minimum atomic E-state index is -0.297. The van der Waals surface area contributed by atoms with Gasteiger partial charge in [-0.25, -0.2) is 9.48 Å². The van der Waals surface area contributed by atoms with Crippen LogP contribution in [-0.4, -0.2) is 39.7 Å². The van der Waals surface area contributed by atoms with Crippen molar-refractivity contribution in [2.75, 3.05) is 23.7 Å². The molecule has 0 saturated carbocycles. The lowest BCUT2D eigenvalue weighted by atomic mass is 10.1. The van der Waals surface area contributed by atoms with Gasteiger partial charge in [-0.2, -0.15) is 5.10 Å². The Labute approximate surface area is 230 Å². The number of anilines is 2. The Bertz CT molecular complexity index is 1410. The van der Waals surface area contributed by atoms with Crippen molar-refractivity contribution in [2.45, 2.75) is 47.0 Å². The van der Waals surface area contributed by atoms with Crippen molar-refractivity contribution in [1.29, 1.82) is 0 Å². The molecule has 0 unspecified atom stereocenters. The molecule has 3 amide bonds. The Morgan fingerprint density at radius 1 is 0.872 bits per heavy atom. The van der Waals surface area contributed by atoms with Crippen molar-refractivity contribution in [2.24, 2.45) is 0 Å². The van der Waals surface area contributed by atoms with Crippen LogP contribution >= 0.6 is 0 Å². The summed E-state index contributed by atoms with van der Waals surface area (Å²) in [6, 6.07) is 25.3. The highest BCUT2D eigenvalue weighted by molar-refractivity contribution is 5.99. The number of rotatable bonds is 10. The number of hydrogen-bond donors (Lipinski definition) is 2. The molecule has 0 aliphatic heterocycles. The highest BCUT2D eigenvalue weighted by atomic mass is 16.2. The summed E-state index contributed by atoms with van der Waals surface area (Å²) in [5, 5.41) is 10.9. The summed E-state index contributed by atoms with van der Waals surface area (Å²) in [6.45, 7) is 8.51. The summed E-state index contributed by atoms with van der Waals surface area (Å²) in [4.78, 5) is 28.3. The molecule has 2 N–H and O–H groups in total. The number of nitrogens with one attached hydrogen (secondary N) is 2. The first-order valence-electron chi connectivity index (χ1n) is 13.6. The molecular weight excluding hydrogens is 486 g/mol. The van der Waals surface area contributed by atoms with Gasteiger partial charge in [-0.3, -0.25) is 4.79 Å². The van der Waals surface area contributed by atoms with Crippen LogP contribution in [0.2, 0.25) is 0 Å². The second-order valence-electron chi connectivity index (χ2n) is 9.68. The molecule has 1 aromatic heterocycles.